The molecule has 1 amide bonds. The minimum Gasteiger partial charge on any atom is -0.349 e. The molecule has 0 aliphatic heterocycles. The van der Waals surface area contributed by atoms with Crippen LogP contribution in [0.5, 0.6) is 0 Å². The second-order valence-electron chi connectivity index (χ2n) is 3.62. The van der Waals surface area contributed by atoms with E-state index in [1.807, 2.05) is 6.07 Å². The van der Waals surface area contributed by atoms with E-state index in [0.717, 1.165) is 0 Å². The molecule has 1 aromatic heterocycles. The molecule has 0 saturated carbocycles. The van der Waals surface area contributed by atoms with Crippen molar-refractivity contribution < 1.29 is 4.79 Å². The van der Waals surface area contributed by atoms with Gasteiger partial charge in [-0.05, 0) is 12.5 Å². The van der Waals surface area contributed by atoms with Crippen LogP contribution in [0.3, 0.4) is 0 Å². The number of carbonyl (C=O) groups excluding carboxylic acids is 1. The molecule has 0 atom stereocenters. The summed E-state index contributed by atoms with van der Waals surface area (Å²) in [5, 5.41) is 0. The first-order valence-corrected chi connectivity index (χ1v) is 4.97. The molecule has 1 rings (SSSR count). The van der Waals surface area contributed by atoms with E-state index in [1.165, 1.54) is 6.07 Å². The van der Waals surface area contributed by atoms with Crippen LogP contribution in [0.25, 0.3) is 0 Å². The number of aromatic nitrogens is 1. The molecule has 4 nitrogen and oxygen atoms in total. The zero-order valence-corrected chi connectivity index (χ0v) is 9.14. The van der Waals surface area contributed by atoms with E-state index in [0.29, 0.717) is 19.4 Å². The van der Waals surface area contributed by atoms with Gasteiger partial charge in [0, 0.05) is 39.3 Å². The van der Waals surface area contributed by atoms with Gasteiger partial charge in [0.25, 0.3) is 0 Å². The fourth-order valence-electron chi connectivity index (χ4n) is 1.27. The molecule has 4 heteroatoms. The lowest BCUT2D eigenvalue weighted by molar-refractivity contribution is -0.128. The van der Waals surface area contributed by atoms with Crippen LogP contribution in [0.2, 0.25) is 0 Å². The molecule has 0 aromatic carbocycles. The summed E-state index contributed by atoms with van der Waals surface area (Å²) in [4.78, 5) is 24.1. The van der Waals surface area contributed by atoms with Gasteiger partial charge in [0.15, 0.2) is 0 Å². The Morgan fingerprint density at radius 3 is 2.73 bits per heavy atom. The number of rotatable bonds is 4. The first kappa shape index (κ1) is 11.5. The molecule has 1 heterocycles. The average Bonchev–Trinajstić information content (AvgIpc) is 2.20. The highest BCUT2D eigenvalue weighted by Gasteiger charge is 2.03. The Morgan fingerprint density at radius 2 is 2.13 bits per heavy atom. The molecular weight excluding hydrogens is 192 g/mol. The van der Waals surface area contributed by atoms with E-state index >= 15 is 0 Å². The third-order valence-electron chi connectivity index (χ3n) is 2.19. The lowest BCUT2D eigenvalue weighted by Crippen LogP contribution is -2.23. The summed E-state index contributed by atoms with van der Waals surface area (Å²) in [6.45, 7) is 0.596. The van der Waals surface area contributed by atoms with E-state index in [1.54, 1.807) is 35.8 Å². The molecule has 0 radical (unpaired) electrons. The third-order valence-corrected chi connectivity index (χ3v) is 2.19. The smallest absolute Gasteiger partial charge is 0.250 e. The van der Waals surface area contributed by atoms with E-state index < -0.39 is 0 Å². The highest BCUT2D eigenvalue weighted by atomic mass is 16.2. The van der Waals surface area contributed by atoms with Crippen molar-refractivity contribution in [3.05, 3.63) is 34.7 Å². The van der Waals surface area contributed by atoms with Gasteiger partial charge in [0.2, 0.25) is 11.5 Å². The van der Waals surface area contributed by atoms with Crippen LogP contribution in [-0.2, 0) is 11.3 Å². The maximum absolute atomic E-state index is 11.3. The monoisotopic (exact) mass is 208 g/mol. The van der Waals surface area contributed by atoms with Crippen molar-refractivity contribution in [2.24, 2.45) is 0 Å². The van der Waals surface area contributed by atoms with E-state index in [-0.39, 0.29) is 11.5 Å². The molecule has 0 unspecified atom stereocenters. The Labute approximate surface area is 89.1 Å². The van der Waals surface area contributed by atoms with Crippen molar-refractivity contribution in [2.45, 2.75) is 19.4 Å². The maximum atomic E-state index is 11.3. The summed E-state index contributed by atoms with van der Waals surface area (Å²) >= 11 is 0. The predicted octanol–water partition coefficient (Wildman–Crippen LogP) is 0.717. The normalized spacial score (nSPS) is 10.0. The summed E-state index contributed by atoms with van der Waals surface area (Å²) in [6, 6.07) is 5.05. The van der Waals surface area contributed by atoms with Crippen molar-refractivity contribution >= 4 is 5.91 Å². The van der Waals surface area contributed by atoms with Crippen LogP contribution in [0.15, 0.2) is 29.2 Å². The van der Waals surface area contributed by atoms with E-state index in [9.17, 15) is 9.59 Å². The van der Waals surface area contributed by atoms with Crippen LogP contribution in [-0.4, -0.2) is 29.5 Å². The average molecular weight is 208 g/mol. The van der Waals surface area contributed by atoms with Gasteiger partial charge in [-0.25, -0.2) is 0 Å². The quantitative estimate of drug-likeness (QED) is 0.731. The summed E-state index contributed by atoms with van der Waals surface area (Å²) in [6.07, 6.45) is 2.91. The molecular formula is C11H16N2O2. The summed E-state index contributed by atoms with van der Waals surface area (Å²) in [7, 11) is 3.47. The van der Waals surface area contributed by atoms with Gasteiger partial charge in [-0.1, -0.05) is 6.07 Å². The van der Waals surface area contributed by atoms with Gasteiger partial charge >= 0.3 is 0 Å². The SMILES string of the molecule is CN(C)C(=O)CCCn1ccccc1=O. The minimum absolute atomic E-state index is 0.0187. The predicted molar refractivity (Wildman–Crippen MR) is 58.6 cm³/mol. The van der Waals surface area contributed by atoms with Gasteiger partial charge in [0.1, 0.15) is 0 Å². The Balaban J connectivity index is 2.42. The number of amides is 1. The summed E-state index contributed by atoms with van der Waals surface area (Å²) in [5.74, 6) is 0.0963. The Kier molecular flexibility index (Phi) is 4.09. The molecule has 1 aromatic rings. The summed E-state index contributed by atoms with van der Waals surface area (Å²) < 4.78 is 1.61. The number of carbonyl (C=O) groups is 1. The topological polar surface area (TPSA) is 42.3 Å². The van der Waals surface area contributed by atoms with Crippen LogP contribution < -0.4 is 5.56 Å². The van der Waals surface area contributed by atoms with Crippen molar-refractivity contribution in [1.29, 1.82) is 0 Å². The van der Waals surface area contributed by atoms with Gasteiger partial charge in [-0.3, -0.25) is 9.59 Å². The highest BCUT2D eigenvalue weighted by molar-refractivity contribution is 5.75. The number of hydrogen-bond donors (Lipinski definition) is 0. The van der Waals surface area contributed by atoms with Crippen molar-refractivity contribution in [3.8, 4) is 0 Å². The molecule has 0 spiro atoms. The van der Waals surface area contributed by atoms with Gasteiger partial charge < -0.3 is 9.47 Å². The van der Waals surface area contributed by atoms with Gasteiger partial charge in [-0.2, -0.15) is 0 Å². The van der Waals surface area contributed by atoms with Crippen LogP contribution in [0, 0.1) is 0 Å². The van der Waals surface area contributed by atoms with Gasteiger partial charge in [-0.15, -0.1) is 0 Å². The first-order valence-electron chi connectivity index (χ1n) is 4.97. The maximum Gasteiger partial charge on any atom is 0.250 e. The van der Waals surface area contributed by atoms with Crippen molar-refractivity contribution in [2.75, 3.05) is 14.1 Å². The molecule has 0 N–H and O–H groups in total. The lowest BCUT2D eigenvalue weighted by atomic mass is 10.3. The largest absolute Gasteiger partial charge is 0.349 e. The van der Waals surface area contributed by atoms with Crippen molar-refractivity contribution in [3.63, 3.8) is 0 Å². The number of nitrogens with zero attached hydrogens (tertiary/aromatic N) is 2. The highest BCUT2D eigenvalue weighted by Crippen LogP contribution is 1.96. The van der Waals surface area contributed by atoms with Crippen LogP contribution in [0.4, 0.5) is 0 Å². The third kappa shape index (κ3) is 3.58. The second kappa shape index (κ2) is 5.34. The Hall–Kier alpha value is -1.58. The molecule has 0 fully saturated rings. The minimum atomic E-state index is -0.0187. The second-order valence-corrected chi connectivity index (χ2v) is 3.62. The lowest BCUT2D eigenvalue weighted by Gasteiger charge is -2.10. The zero-order valence-electron chi connectivity index (χ0n) is 9.14. The van der Waals surface area contributed by atoms with E-state index in [2.05, 4.69) is 0 Å². The van der Waals surface area contributed by atoms with Crippen LogP contribution >= 0.6 is 0 Å². The molecule has 0 saturated heterocycles. The molecule has 82 valence electrons. The first-order chi connectivity index (χ1) is 7.11. The van der Waals surface area contributed by atoms with E-state index in [4.69, 9.17) is 0 Å². The fourth-order valence-corrected chi connectivity index (χ4v) is 1.27. The molecule has 0 bridgehead atoms. The zero-order chi connectivity index (χ0) is 11.3. The Morgan fingerprint density at radius 1 is 1.40 bits per heavy atom. The standard InChI is InChI=1S/C11H16N2O2/c1-12(2)10(14)7-5-9-13-8-4-3-6-11(13)15/h3-4,6,8H,5,7,9H2,1-2H3. The summed E-state index contributed by atoms with van der Waals surface area (Å²) in [5.41, 5.74) is -0.0187. The molecule has 15 heavy (non-hydrogen) atoms. The number of hydrogen-bond acceptors (Lipinski definition) is 2. The Bertz CT molecular complexity index is 382. The number of pyridine rings is 1. The molecule has 0 aliphatic carbocycles. The molecule has 0 aliphatic rings. The van der Waals surface area contributed by atoms with Crippen LogP contribution in [0.1, 0.15) is 12.8 Å². The number of aryl methyl sites for hydroxylation is 1. The fraction of sp³-hybridized carbons (Fsp3) is 0.455. The van der Waals surface area contributed by atoms with Gasteiger partial charge in [0.05, 0.1) is 0 Å². The van der Waals surface area contributed by atoms with Crippen molar-refractivity contribution in [1.82, 2.24) is 9.47 Å².